The summed E-state index contributed by atoms with van der Waals surface area (Å²) in [6.45, 7) is 0.816. The number of halogens is 1. The van der Waals surface area contributed by atoms with E-state index in [1.807, 2.05) is 0 Å². The third kappa shape index (κ3) is 1.93. The van der Waals surface area contributed by atoms with Crippen molar-refractivity contribution in [1.29, 1.82) is 0 Å². The summed E-state index contributed by atoms with van der Waals surface area (Å²) in [4.78, 5) is 11.6. The molecule has 1 heterocycles. The molecule has 2 rings (SSSR count). The number of hydrogen-bond acceptors (Lipinski definition) is 3. The van der Waals surface area contributed by atoms with E-state index in [9.17, 15) is 9.18 Å². The second kappa shape index (κ2) is 4.22. The Labute approximate surface area is 93.6 Å². The van der Waals surface area contributed by atoms with E-state index < -0.39 is 5.54 Å². The van der Waals surface area contributed by atoms with Crippen LogP contribution in [-0.4, -0.2) is 25.2 Å². The van der Waals surface area contributed by atoms with Crippen LogP contribution in [0.3, 0.4) is 0 Å². The maximum atomic E-state index is 12.7. The average molecular weight is 223 g/mol. The number of benzene rings is 1. The molecule has 1 aromatic rings. The van der Waals surface area contributed by atoms with E-state index in [0.717, 1.165) is 18.5 Å². The minimum absolute atomic E-state index is 0.247. The van der Waals surface area contributed by atoms with Crippen LogP contribution in [0, 0.1) is 5.82 Å². The summed E-state index contributed by atoms with van der Waals surface area (Å²) in [6, 6.07) is 6.19. The fraction of sp³-hybridized carbons (Fsp3) is 0.417. The molecular weight excluding hydrogens is 209 g/mol. The van der Waals surface area contributed by atoms with Gasteiger partial charge in [0.2, 0.25) is 0 Å². The predicted octanol–water partition coefficient (Wildman–Crippen LogP) is 1.27. The lowest BCUT2D eigenvalue weighted by Gasteiger charge is -2.40. The van der Waals surface area contributed by atoms with Crippen LogP contribution < -0.4 is 5.32 Å². The van der Waals surface area contributed by atoms with Gasteiger partial charge in [-0.25, -0.2) is 4.39 Å². The van der Waals surface area contributed by atoms with Crippen molar-refractivity contribution in [3.63, 3.8) is 0 Å². The zero-order valence-corrected chi connectivity index (χ0v) is 9.13. The van der Waals surface area contributed by atoms with Crippen LogP contribution in [0.25, 0.3) is 0 Å². The number of hydrogen-bond donors (Lipinski definition) is 1. The predicted molar refractivity (Wildman–Crippen MR) is 57.5 cm³/mol. The van der Waals surface area contributed by atoms with Gasteiger partial charge in [-0.3, -0.25) is 4.79 Å². The minimum atomic E-state index is -0.605. The first kappa shape index (κ1) is 11.1. The van der Waals surface area contributed by atoms with Crippen LogP contribution in [0.2, 0.25) is 0 Å². The van der Waals surface area contributed by atoms with Crippen molar-refractivity contribution in [3.05, 3.63) is 35.6 Å². The number of methoxy groups -OCH3 is 1. The SMILES string of the molecule is COC(=O)C1(Cc2ccc(F)cc2)CCN1. The van der Waals surface area contributed by atoms with Crippen LogP contribution in [0.1, 0.15) is 12.0 Å². The molecule has 0 aliphatic carbocycles. The molecule has 4 heteroatoms. The topological polar surface area (TPSA) is 38.3 Å². The highest BCUT2D eigenvalue weighted by atomic mass is 19.1. The highest BCUT2D eigenvalue weighted by Crippen LogP contribution is 2.25. The molecule has 1 unspecified atom stereocenters. The highest BCUT2D eigenvalue weighted by molar-refractivity contribution is 5.82. The average Bonchev–Trinajstić information content (AvgIpc) is 2.25. The fourth-order valence-corrected chi connectivity index (χ4v) is 1.97. The van der Waals surface area contributed by atoms with Crippen molar-refractivity contribution < 1.29 is 13.9 Å². The number of nitrogens with one attached hydrogen (secondary N) is 1. The summed E-state index contributed by atoms with van der Waals surface area (Å²) in [6.07, 6.45) is 1.30. The number of ether oxygens (including phenoxy) is 1. The van der Waals surface area contributed by atoms with Crippen LogP contribution in [0.4, 0.5) is 4.39 Å². The van der Waals surface area contributed by atoms with Crippen molar-refractivity contribution in [3.8, 4) is 0 Å². The highest BCUT2D eigenvalue weighted by Gasteiger charge is 2.44. The van der Waals surface area contributed by atoms with E-state index in [-0.39, 0.29) is 11.8 Å². The Bertz CT molecular complexity index is 385. The Morgan fingerprint density at radius 1 is 1.50 bits per heavy atom. The molecule has 1 aliphatic rings. The first-order valence-corrected chi connectivity index (χ1v) is 5.24. The first-order valence-electron chi connectivity index (χ1n) is 5.24. The van der Waals surface area contributed by atoms with Crippen molar-refractivity contribution in [1.82, 2.24) is 5.32 Å². The lowest BCUT2D eigenvalue weighted by atomic mass is 9.82. The number of carbonyl (C=O) groups is 1. The third-order valence-electron chi connectivity index (χ3n) is 3.01. The van der Waals surface area contributed by atoms with Gasteiger partial charge in [-0.1, -0.05) is 12.1 Å². The van der Waals surface area contributed by atoms with Crippen LogP contribution in [-0.2, 0) is 16.0 Å². The quantitative estimate of drug-likeness (QED) is 0.784. The molecule has 0 saturated carbocycles. The Balaban J connectivity index is 2.13. The summed E-state index contributed by atoms with van der Waals surface area (Å²) < 4.78 is 17.5. The second-order valence-corrected chi connectivity index (χ2v) is 4.05. The van der Waals surface area contributed by atoms with E-state index in [2.05, 4.69) is 5.32 Å². The van der Waals surface area contributed by atoms with Gasteiger partial charge in [-0.2, -0.15) is 0 Å². The molecule has 16 heavy (non-hydrogen) atoms. The van der Waals surface area contributed by atoms with E-state index in [1.54, 1.807) is 12.1 Å². The Kier molecular flexibility index (Phi) is 2.92. The zero-order valence-electron chi connectivity index (χ0n) is 9.13. The van der Waals surface area contributed by atoms with Gasteiger partial charge < -0.3 is 10.1 Å². The number of rotatable bonds is 3. The molecular formula is C12H14FNO2. The first-order chi connectivity index (χ1) is 7.66. The molecule has 1 fully saturated rings. The molecule has 86 valence electrons. The van der Waals surface area contributed by atoms with Crippen LogP contribution >= 0.6 is 0 Å². The molecule has 0 amide bonds. The molecule has 0 aromatic heterocycles. The molecule has 1 aromatic carbocycles. The van der Waals surface area contributed by atoms with Crippen LogP contribution in [0.15, 0.2) is 24.3 Å². The van der Waals surface area contributed by atoms with Gasteiger partial charge in [0.15, 0.2) is 0 Å². The Morgan fingerprint density at radius 3 is 2.56 bits per heavy atom. The molecule has 1 atom stereocenters. The summed E-state index contributed by atoms with van der Waals surface area (Å²) >= 11 is 0. The third-order valence-corrected chi connectivity index (χ3v) is 3.01. The Hall–Kier alpha value is -1.42. The Morgan fingerprint density at radius 2 is 2.12 bits per heavy atom. The molecule has 0 bridgehead atoms. The molecule has 1 N–H and O–H groups in total. The van der Waals surface area contributed by atoms with Gasteiger partial charge in [0, 0.05) is 6.42 Å². The molecule has 0 radical (unpaired) electrons. The smallest absolute Gasteiger partial charge is 0.326 e. The summed E-state index contributed by atoms with van der Waals surface area (Å²) in [7, 11) is 1.38. The van der Waals surface area contributed by atoms with Crippen molar-refractivity contribution in [2.75, 3.05) is 13.7 Å². The van der Waals surface area contributed by atoms with Crippen molar-refractivity contribution in [2.24, 2.45) is 0 Å². The number of carbonyl (C=O) groups excluding carboxylic acids is 1. The standard InChI is InChI=1S/C12H14FNO2/c1-16-11(15)12(6-7-14-12)8-9-2-4-10(13)5-3-9/h2-5,14H,6-8H2,1H3. The van der Waals surface area contributed by atoms with Gasteiger partial charge in [-0.15, -0.1) is 0 Å². The fourth-order valence-electron chi connectivity index (χ4n) is 1.97. The lowest BCUT2D eigenvalue weighted by Crippen LogP contribution is -2.64. The van der Waals surface area contributed by atoms with Crippen molar-refractivity contribution in [2.45, 2.75) is 18.4 Å². The molecule has 3 nitrogen and oxygen atoms in total. The normalized spacial score (nSPS) is 23.6. The molecule has 1 saturated heterocycles. The largest absolute Gasteiger partial charge is 0.468 e. The summed E-state index contributed by atoms with van der Waals surface area (Å²) in [5.74, 6) is -0.513. The van der Waals surface area contributed by atoms with Gasteiger partial charge in [-0.05, 0) is 30.7 Å². The van der Waals surface area contributed by atoms with E-state index in [0.29, 0.717) is 6.42 Å². The van der Waals surface area contributed by atoms with Gasteiger partial charge in [0.25, 0.3) is 0 Å². The van der Waals surface area contributed by atoms with Gasteiger partial charge in [0.1, 0.15) is 11.4 Å². The lowest BCUT2D eigenvalue weighted by molar-refractivity contribution is -0.152. The maximum Gasteiger partial charge on any atom is 0.326 e. The van der Waals surface area contributed by atoms with Crippen molar-refractivity contribution >= 4 is 5.97 Å². The van der Waals surface area contributed by atoms with Gasteiger partial charge in [0.05, 0.1) is 7.11 Å². The molecule has 1 aliphatic heterocycles. The molecule has 0 spiro atoms. The second-order valence-electron chi connectivity index (χ2n) is 4.05. The minimum Gasteiger partial charge on any atom is -0.468 e. The van der Waals surface area contributed by atoms with E-state index in [4.69, 9.17) is 4.74 Å². The maximum absolute atomic E-state index is 12.7. The van der Waals surface area contributed by atoms with E-state index >= 15 is 0 Å². The monoisotopic (exact) mass is 223 g/mol. The summed E-state index contributed by atoms with van der Waals surface area (Å²) in [5.41, 5.74) is 0.325. The van der Waals surface area contributed by atoms with Gasteiger partial charge >= 0.3 is 5.97 Å². The van der Waals surface area contributed by atoms with E-state index in [1.165, 1.54) is 19.2 Å². The van der Waals surface area contributed by atoms with Crippen LogP contribution in [0.5, 0.6) is 0 Å². The summed E-state index contributed by atoms with van der Waals surface area (Å²) in [5, 5.41) is 3.10. The number of esters is 1. The zero-order chi connectivity index (χ0) is 11.6.